The first kappa shape index (κ1) is 13.5. The van der Waals surface area contributed by atoms with Gasteiger partial charge in [-0.05, 0) is 24.3 Å². The number of nitrogens with zero attached hydrogens (tertiary/aromatic N) is 1. The third-order valence-corrected chi connectivity index (χ3v) is 2.83. The number of benzene rings is 2. The molecule has 0 saturated carbocycles. The first-order chi connectivity index (χ1) is 9.69. The SMILES string of the molecule is NC(=O)N(c1ccccc1C=O)c1ccccc1C=O. The second-order valence-corrected chi connectivity index (χ2v) is 4.03. The summed E-state index contributed by atoms with van der Waals surface area (Å²) < 4.78 is 0. The maximum absolute atomic E-state index is 11.8. The van der Waals surface area contributed by atoms with Gasteiger partial charge in [0.1, 0.15) is 0 Å². The fraction of sp³-hybridized carbons (Fsp3) is 0. The van der Waals surface area contributed by atoms with Crippen molar-refractivity contribution in [2.75, 3.05) is 4.90 Å². The van der Waals surface area contributed by atoms with E-state index in [9.17, 15) is 14.4 Å². The highest BCUT2D eigenvalue weighted by molar-refractivity contribution is 6.05. The molecule has 20 heavy (non-hydrogen) atoms. The number of hydrogen-bond donors (Lipinski definition) is 1. The molecule has 0 unspecified atom stereocenters. The number of carbonyl (C=O) groups excluding carboxylic acids is 3. The van der Waals surface area contributed by atoms with Crippen LogP contribution in [0.3, 0.4) is 0 Å². The van der Waals surface area contributed by atoms with E-state index >= 15 is 0 Å². The first-order valence-corrected chi connectivity index (χ1v) is 5.87. The summed E-state index contributed by atoms with van der Waals surface area (Å²) in [6.07, 6.45) is 1.27. The van der Waals surface area contributed by atoms with E-state index in [-0.39, 0.29) is 0 Å². The Morgan fingerprint density at radius 1 is 0.850 bits per heavy atom. The Morgan fingerprint density at radius 3 is 1.60 bits per heavy atom. The quantitative estimate of drug-likeness (QED) is 0.865. The van der Waals surface area contributed by atoms with Crippen molar-refractivity contribution in [1.82, 2.24) is 0 Å². The van der Waals surface area contributed by atoms with Gasteiger partial charge in [-0.3, -0.25) is 14.5 Å². The van der Waals surface area contributed by atoms with Crippen LogP contribution in [0, 0.1) is 0 Å². The normalized spacial score (nSPS) is 9.80. The van der Waals surface area contributed by atoms with Crippen LogP contribution in [0.5, 0.6) is 0 Å². The zero-order valence-corrected chi connectivity index (χ0v) is 10.5. The van der Waals surface area contributed by atoms with Crippen LogP contribution in [-0.4, -0.2) is 18.6 Å². The van der Waals surface area contributed by atoms with Gasteiger partial charge in [-0.1, -0.05) is 24.3 Å². The smallest absolute Gasteiger partial charge is 0.323 e. The second kappa shape index (κ2) is 5.79. The Balaban J connectivity index is 2.66. The van der Waals surface area contributed by atoms with Crippen LogP contribution < -0.4 is 10.6 Å². The summed E-state index contributed by atoms with van der Waals surface area (Å²) in [5.74, 6) is 0. The maximum Gasteiger partial charge on any atom is 0.323 e. The molecule has 2 amide bonds. The van der Waals surface area contributed by atoms with Gasteiger partial charge in [0.2, 0.25) is 0 Å². The monoisotopic (exact) mass is 268 g/mol. The molecule has 2 N–H and O–H groups in total. The van der Waals surface area contributed by atoms with Crippen LogP contribution in [-0.2, 0) is 0 Å². The van der Waals surface area contributed by atoms with Gasteiger partial charge in [-0.2, -0.15) is 0 Å². The van der Waals surface area contributed by atoms with Crippen molar-refractivity contribution in [1.29, 1.82) is 0 Å². The molecule has 0 heterocycles. The van der Waals surface area contributed by atoms with Crippen molar-refractivity contribution < 1.29 is 14.4 Å². The van der Waals surface area contributed by atoms with Gasteiger partial charge in [-0.25, -0.2) is 4.79 Å². The molecule has 0 radical (unpaired) electrons. The molecule has 2 aromatic rings. The molecule has 0 aliphatic rings. The summed E-state index contributed by atoms with van der Waals surface area (Å²) in [6.45, 7) is 0. The van der Waals surface area contributed by atoms with E-state index < -0.39 is 6.03 Å². The lowest BCUT2D eigenvalue weighted by Gasteiger charge is -2.23. The molecular weight excluding hydrogens is 256 g/mol. The third-order valence-electron chi connectivity index (χ3n) is 2.83. The molecule has 0 aromatic heterocycles. The van der Waals surface area contributed by atoms with E-state index in [1.54, 1.807) is 48.5 Å². The molecule has 0 bridgehead atoms. The fourth-order valence-corrected chi connectivity index (χ4v) is 1.95. The van der Waals surface area contributed by atoms with Gasteiger partial charge >= 0.3 is 6.03 Å². The highest BCUT2D eigenvalue weighted by Crippen LogP contribution is 2.29. The van der Waals surface area contributed by atoms with E-state index in [1.807, 2.05) is 0 Å². The van der Waals surface area contributed by atoms with Crippen molar-refractivity contribution in [3.8, 4) is 0 Å². The van der Waals surface area contributed by atoms with Crippen LogP contribution in [0.2, 0.25) is 0 Å². The number of anilines is 2. The summed E-state index contributed by atoms with van der Waals surface area (Å²) in [5, 5.41) is 0. The van der Waals surface area contributed by atoms with Gasteiger partial charge in [0, 0.05) is 11.1 Å². The highest BCUT2D eigenvalue weighted by atomic mass is 16.2. The molecule has 0 atom stereocenters. The number of primary amides is 1. The van der Waals surface area contributed by atoms with Crippen molar-refractivity contribution in [2.24, 2.45) is 5.73 Å². The molecule has 100 valence electrons. The molecule has 0 fully saturated rings. The van der Waals surface area contributed by atoms with E-state index in [0.29, 0.717) is 35.1 Å². The summed E-state index contributed by atoms with van der Waals surface area (Å²) in [4.78, 5) is 35.1. The number of urea groups is 1. The lowest BCUT2D eigenvalue weighted by molar-refractivity contribution is 0.111. The van der Waals surface area contributed by atoms with Crippen LogP contribution in [0.25, 0.3) is 0 Å². The Morgan fingerprint density at radius 2 is 1.25 bits per heavy atom. The minimum absolute atomic E-state index is 0.312. The summed E-state index contributed by atoms with van der Waals surface area (Å²) in [6, 6.07) is 12.3. The number of amides is 2. The highest BCUT2D eigenvalue weighted by Gasteiger charge is 2.20. The Kier molecular flexibility index (Phi) is 3.91. The van der Waals surface area contributed by atoms with Crippen molar-refractivity contribution in [3.05, 3.63) is 59.7 Å². The number of aldehydes is 2. The molecule has 2 aromatic carbocycles. The second-order valence-electron chi connectivity index (χ2n) is 4.03. The number of nitrogens with two attached hydrogens (primary N) is 1. The van der Waals surface area contributed by atoms with Crippen molar-refractivity contribution in [2.45, 2.75) is 0 Å². The zero-order valence-electron chi connectivity index (χ0n) is 10.5. The molecule has 5 heteroatoms. The Labute approximate surface area is 115 Å². The Bertz CT molecular complexity index is 616. The number of hydrogen-bond acceptors (Lipinski definition) is 3. The summed E-state index contributed by atoms with van der Waals surface area (Å²) in [5.41, 5.74) is 6.70. The summed E-state index contributed by atoms with van der Waals surface area (Å²) >= 11 is 0. The standard InChI is InChI=1S/C15H12N2O3/c16-15(20)17(13-7-3-1-5-11(13)9-18)14-8-4-2-6-12(14)10-19/h1-10H,(H2,16,20). The molecular formula is C15H12N2O3. The van der Waals surface area contributed by atoms with E-state index in [4.69, 9.17) is 5.73 Å². The molecule has 0 aliphatic heterocycles. The molecule has 0 saturated heterocycles. The maximum atomic E-state index is 11.8. The predicted molar refractivity (Wildman–Crippen MR) is 75.4 cm³/mol. The minimum atomic E-state index is -0.770. The van der Waals surface area contributed by atoms with Crippen LogP contribution in [0.15, 0.2) is 48.5 Å². The topological polar surface area (TPSA) is 80.5 Å². The number of para-hydroxylation sites is 2. The largest absolute Gasteiger partial charge is 0.351 e. The lowest BCUT2D eigenvalue weighted by Crippen LogP contribution is -2.32. The van der Waals surface area contributed by atoms with Gasteiger partial charge < -0.3 is 5.73 Å². The van der Waals surface area contributed by atoms with Gasteiger partial charge in [0.05, 0.1) is 11.4 Å². The predicted octanol–water partition coefficient (Wildman–Crippen LogP) is 2.53. The third kappa shape index (κ3) is 2.42. The van der Waals surface area contributed by atoms with Crippen molar-refractivity contribution in [3.63, 3.8) is 0 Å². The van der Waals surface area contributed by atoms with Crippen LogP contribution in [0.1, 0.15) is 20.7 Å². The zero-order chi connectivity index (χ0) is 14.5. The molecule has 5 nitrogen and oxygen atoms in total. The average molecular weight is 268 g/mol. The fourth-order valence-electron chi connectivity index (χ4n) is 1.95. The Hall–Kier alpha value is -2.95. The first-order valence-electron chi connectivity index (χ1n) is 5.87. The average Bonchev–Trinajstić information content (AvgIpc) is 2.48. The van der Waals surface area contributed by atoms with E-state index in [2.05, 4.69) is 0 Å². The molecule has 2 rings (SSSR count). The van der Waals surface area contributed by atoms with Gasteiger partial charge in [0.15, 0.2) is 12.6 Å². The molecule has 0 spiro atoms. The van der Waals surface area contributed by atoms with Crippen LogP contribution >= 0.6 is 0 Å². The van der Waals surface area contributed by atoms with E-state index in [1.165, 1.54) is 0 Å². The van der Waals surface area contributed by atoms with Crippen molar-refractivity contribution >= 4 is 30.0 Å². The van der Waals surface area contributed by atoms with E-state index in [0.717, 1.165) is 4.90 Å². The summed E-state index contributed by atoms with van der Waals surface area (Å²) in [7, 11) is 0. The lowest BCUT2D eigenvalue weighted by atomic mass is 10.1. The number of rotatable bonds is 4. The number of carbonyl (C=O) groups is 3. The minimum Gasteiger partial charge on any atom is -0.351 e. The molecule has 0 aliphatic carbocycles. The van der Waals surface area contributed by atoms with Gasteiger partial charge in [0.25, 0.3) is 0 Å². The van der Waals surface area contributed by atoms with Gasteiger partial charge in [-0.15, -0.1) is 0 Å². The van der Waals surface area contributed by atoms with Crippen LogP contribution in [0.4, 0.5) is 16.2 Å².